The molecule has 0 unspecified atom stereocenters. The molecule has 0 spiro atoms. The highest BCUT2D eigenvalue weighted by molar-refractivity contribution is 7.86. The maximum absolute atomic E-state index is 12.0. The first kappa shape index (κ1) is 13.9. The molecule has 0 amide bonds. The van der Waals surface area contributed by atoms with Crippen molar-refractivity contribution >= 4 is 15.9 Å². The normalized spacial score (nSPS) is 30.5. The average molecular weight is 276 g/mol. The summed E-state index contributed by atoms with van der Waals surface area (Å²) < 4.78 is 30.9. The Labute approximate surface area is 107 Å². The first-order valence-corrected chi connectivity index (χ1v) is 7.90. The summed E-state index contributed by atoms with van der Waals surface area (Å²) in [6.45, 7) is 2.06. The molecule has 2 aliphatic rings. The van der Waals surface area contributed by atoms with Gasteiger partial charge in [-0.15, -0.1) is 0 Å². The molecule has 18 heavy (non-hydrogen) atoms. The smallest absolute Gasteiger partial charge is 0.269 e. The highest BCUT2D eigenvalue weighted by Crippen LogP contribution is 2.21. The van der Waals surface area contributed by atoms with Crippen LogP contribution in [0.2, 0.25) is 0 Å². The molecule has 0 aromatic heterocycles. The van der Waals surface area contributed by atoms with Crippen LogP contribution in [0, 0.1) is 5.92 Å². The molecule has 7 heteroatoms. The van der Waals surface area contributed by atoms with Crippen LogP contribution in [0.4, 0.5) is 0 Å². The van der Waals surface area contributed by atoms with Crippen LogP contribution in [0.5, 0.6) is 0 Å². The van der Waals surface area contributed by atoms with Crippen molar-refractivity contribution < 1.29 is 17.8 Å². The molecule has 2 aliphatic heterocycles. The van der Waals surface area contributed by atoms with Gasteiger partial charge in [0.15, 0.2) is 0 Å². The van der Waals surface area contributed by atoms with Gasteiger partial charge in [0, 0.05) is 13.0 Å². The van der Waals surface area contributed by atoms with Crippen LogP contribution in [0.25, 0.3) is 0 Å². The maximum Gasteiger partial charge on any atom is 0.269 e. The minimum Gasteiger partial charge on any atom is -0.317 e. The Morgan fingerprint density at radius 1 is 1.28 bits per heavy atom. The van der Waals surface area contributed by atoms with E-state index in [-0.39, 0.29) is 18.7 Å². The van der Waals surface area contributed by atoms with Crippen LogP contribution >= 0.6 is 0 Å². The van der Waals surface area contributed by atoms with Gasteiger partial charge in [0.2, 0.25) is 0 Å². The van der Waals surface area contributed by atoms with Crippen LogP contribution in [0.3, 0.4) is 0 Å². The zero-order valence-electron chi connectivity index (χ0n) is 10.3. The monoisotopic (exact) mass is 276 g/mol. The lowest BCUT2D eigenvalue weighted by Gasteiger charge is -2.23. The quantitative estimate of drug-likeness (QED) is 0.603. The zero-order chi connectivity index (χ0) is 13.2. The van der Waals surface area contributed by atoms with Gasteiger partial charge in [0.25, 0.3) is 10.1 Å². The molecule has 0 bridgehead atoms. The molecule has 2 rings (SSSR count). The second-order valence-corrected chi connectivity index (χ2v) is 6.89. The molecule has 104 valence electrons. The lowest BCUT2D eigenvalue weighted by Crippen LogP contribution is -2.35. The first-order chi connectivity index (χ1) is 8.47. The Bertz CT molecular complexity index is 403. The van der Waals surface area contributed by atoms with Crippen LogP contribution in [-0.2, 0) is 14.9 Å². The summed E-state index contributed by atoms with van der Waals surface area (Å²) in [5, 5.41) is 5.31. The van der Waals surface area contributed by atoms with Crippen molar-refractivity contribution in [2.24, 2.45) is 5.92 Å². The number of piperidine rings is 1. The number of carbonyl (C=O) groups excluding carboxylic acids is 1. The Kier molecular flexibility index (Phi) is 4.37. The van der Waals surface area contributed by atoms with Gasteiger partial charge >= 0.3 is 0 Å². The van der Waals surface area contributed by atoms with Gasteiger partial charge in [0.1, 0.15) is 11.0 Å². The van der Waals surface area contributed by atoms with Gasteiger partial charge in [-0.1, -0.05) is 0 Å². The Morgan fingerprint density at radius 2 is 1.94 bits per heavy atom. The van der Waals surface area contributed by atoms with Crippen molar-refractivity contribution in [3.8, 4) is 0 Å². The number of hydrogen-bond acceptors (Lipinski definition) is 5. The molecule has 0 aliphatic carbocycles. The first-order valence-electron chi connectivity index (χ1n) is 6.40. The molecular weight excluding hydrogens is 256 g/mol. The van der Waals surface area contributed by atoms with Crippen LogP contribution < -0.4 is 10.6 Å². The second-order valence-electron chi connectivity index (χ2n) is 5.20. The van der Waals surface area contributed by atoms with Gasteiger partial charge in [0.05, 0.1) is 6.04 Å². The lowest BCUT2D eigenvalue weighted by atomic mass is 9.90. The van der Waals surface area contributed by atoms with Gasteiger partial charge in [-0.3, -0.25) is 9.35 Å². The molecule has 2 atom stereocenters. The molecule has 2 fully saturated rings. The van der Waals surface area contributed by atoms with Crippen LogP contribution in [0.1, 0.15) is 25.7 Å². The maximum atomic E-state index is 12.0. The number of carbonyl (C=O) groups is 1. The summed E-state index contributed by atoms with van der Waals surface area (Å²) in [6, 6.07) is -0.410. The van der Waals surface area contributed by atoms with Crippen molar-refractivity contribution in [3.05, 3.63) is 0 Å². The molecule has 0 aromatic carbocycles. The largest absolute Gasteiger partial charge is 0.317 e. The Morgan fingerprint density at radius 3 is 2.50 bits per heavy atom. The van der Waals surface area contributed by atoms with E-state index < -0.39 is 21.4 Å². The zero-order valence-corrected chi connectivity index (χ0v) is 11.1. The Balaban J connectivity index is 1.83. The SMILES string of the molecule is O=C(CC1CCNCC1)[C@@H]1C[C@@H](S(=O)(=O)O)CN1. The van der Waals surface area contributed by atoms with Crippen molar-refractivity contribution in [3.63, 3.8) is 0 Å². The second kappa shape index (κ2) is 5.64. The summed E-state index contributed by atoms with van der Waals surface area (Å²) >= 11 is 0. The van der Waals surface area contributed by atoms with E-state index in [2.05, 4.69) is 10.6 Å². The van der Waals surface area contributed by atoms with E-state index in [0.717, 1.165) is 25.9 Å². The minimum absolute atomic E-state index is 0.0769. The summed E-state index contributed by atoms with van der Waals surface area (Å²) in [4.78, 5) is 12.0. The molecule has 3 N–H and O–H groups in total. The summed E-state index contributed by atoms with van der Waals surface area (Å²) in [5.41, 5.74) is 0. The fourth-order valence-electron chi connectivity index (χ4n) is 2.69. The fourth-order valence-corrected chi connectivity index (χ4v) is 3.43. The number of nitrogens with one attached hydrogen (secondary N) is 2. The molecule has 0 saturated carbocycles. The molecule has 6 nitrogen and oxygen atoms in total. The van der Waals surface area contributed by atoms with Crippen molar-refractivity contribution in [2.75, 3.05) is 19.6 Å². The van der Waals surface area contributed by atoms with E-state index in [1.807, 2.05) is 0 Å². The molecular formula is C11H20N2O4S. The van der Waals surface area contributed by atoms with Gasteiger partial charge in [-0.25, -0.2) is 0 Å². The van der Waals surface area contributed by atoms with E-state index in [4.69, 9.17) is 4.55 Å². The topological polar surface area (TPSA) is 95.5 Å². The molecule has 0 aromatic rings. The lowest BCUT2D eigenvalue weighted by molar-refractivity contribution is -0.121. The third-order valence-electron chi connectivity index (χ3n) is 3.85. The van der Waals surface area contributed by atoms with E-state index in [1.54, 1.807) is 0 Å². The van der Waals surface area contributed by atoms with E-state index >= 15 is 0 Å². The third kappa shape index (κ3) is 3.50. The summed E-state index contributed by atoms with van der Waals surface area (Å²) in [6.07, 6.45) is 2.71. The van der Waals surface area contributed by atoms with Crippen molar-refractivity contribution in [2.45, 2.75) is 37.0 Å². The Hall–Kier alpha value is -0.500. The van der Waals surface area contributed by atoms with Gasteiger partial charge < -0.3 is 10.6 Å². The van der Waals surface area contributed by atoms with Gasteiger partial charge in [-0.2, -0.15) is 8.42 Å². The predicted molar refractivity (Wildman–Crippen MR) is 67.0 cm³/mol. The predicted octanol–water partition coefficient (Wildman–Crippen LogP) is -0.436. The highest BCUT2D eigenvalue weighted by Gasteiger charge is 2.36. The summed E-state index contributed by atoms with van der Waals surface area (Å²) in [7, 11) is -4.03. The van der Waals surface area contributed by atoms with E-state index in [1.165, 1.54) is 0 Å². The van der Waals surface area contributed by atoms with Crippen molar-refractivity contribution in [1.29, 1.82) is 0 Å². The summed E-state index contributed by atoms with van der Waals surface area (Å²) in [5.74, 6) is 0.485. The van der Waals surface area contributed by atoms with E-state index in [0.29, 0.717) is 12.3 Å². The minimum atomic E-state index is -4.03. The number of rotatable bonds is 4. The molecule has 2 heterocycles. The third-order valence-corrected chi connectivity index (χ3v) is 5.05. The fraction of sp³-hybridized carbons (Fsp3) is 0.909. The average Bonchev–Trinajstić information content (AvgIpc) is 2.79. The number of Topliss-reactive ketones (excluding diaryl/α,β-unsaturated/α-hetero) is 1. The molecule has 2 saturated heterocycles. The molecule has 0 radical (unpaired) electrons. The highest BCUT2D eigenvalue weighted by atomic mass is 32.2. The number of hydrogen-bond donors (Lipinski definition) is 3. The van der Waals surface area contributed by atoms with Crippen molar-refractivity contribution in [1.82, 2.24) is 10.6 Å². The van der Waals surface area contributed by atoms with E-state index in [9.17, 15) is 13.2 Å². The van der Waals surface area contributed by atoms with Crippen LogP contribution in [-0.4, -0.2) is 49.7 Å². The number of ketones is 1. The standard InChI is InChI=1S/C11H20N2O4S/c14-11(5-8-1-3-12-4-2-8)10-6-9(7-13-10)18(15,16)17/h8-10,12-13H,1-7H2,(H,15,16,17)/t9-,10+/m1/s1. The van der Waals surface area contributed by atoms with Crippen LogP contribution in [0.15, 0.2) is 0 Å². The van der Waals surface area contributed by atoms with Gasteiger partial charge in [-0.05, 0) is 38.3 Å².